The molecule has 8 heavy (non-hydrogen) atoms. The Morgan fingerprint density at radius 1 is 1.75 bits per heavy atom. The smallest absolute Gasteiger partial charge is 0.0932 e. The monoisotopic (exact) mass is 146 g/mol. The van der Waals surface area contributed by atoms with Crippen molar-refractivity contribution in [2.45, 2.75) is 32.3 Å². The van der Waals surface area contributed by atoms with E-state index in [2.05, 4.69) is 13.8 Å². The van der Waals surface area contributed by atoms with Crippen molar-refractivity contribution < 1.29 is 0 Å². The molecule has 1 aliphatic rings. The maximum absolute atomic E-state index is 5.28. The van der Waals surface area contributed by atoms with Crippen LogP contribution in [0.5, 0.6) is 0 Å². The fraction of sp³-hybridized carbons (Fsp3) is 0.833. The minimum absolute atomic E-state index is 0.0874. The molecule has 46 valence electrons. The van der Waals surface area contributed by atoms with E-state index < -0.39 is 0 Å². The van der Waals surface area contributed by atoms with Crippen molar-refractivity contribution in [3.8, 4) is 0 Å². The highest BCUT2D eigenvalue weighted by Crippen LogP contribution is 2.38. The molecule has 0 amide bonds. The summed E-state index contributed by atoms with van der Waals surface area (Å²) in [6.07, 6.45) is 2.65. The molecule has 2 atom stereocenters. The van der Waals surface area contributed by atoms with E-state index in [1.165, 1.54) is 12.8 Å². The Bertz CT molecular complexity index is 128. The molecule has 0 aliphatic carbocycles. The van der Waals surface area contributed by atoms with Gasteiger partial charge in [0.2, 0.25) is 0 Å². The van der Waals surface area contributed by atoms with E-state index in [4.69, 9.17) is 12.2 Å². The van der Waals surface area contributed by atoms with E-state index in [0.717, 1.165) is 5.66 Å². The van der Waals surface area contributed by atoms with E-state index in [-0.39, 0.29) is 6.75 Å². The van der Waals surface area contributed by atoms with Gasteiger partial charge in [-0.2, -0.15) is 0 Å². The lowest BCUT2D eigenvalue weighted by Crippen LogP contribution is -1.84. The third-order valence-corrected chi connectivity index (χ3v) is 5.75. The average Bonchev–Trinajstić information content (AvgIpc) is 1.98. The van der Waals surface area contributed by atoms with E-state index in [1.54, 1.807) is 5.29 Å². The standard InChI is InChI=1S/C6H11PS/c1-5-3-4-6(2)7(5)8/h5H,3-4H2,1-2H3. The van der Waals surface area contributed by atoms with Gasteiger partial charge in [0.05, 0.1) is 11.0 Å². The zero-order valence-electron chi connectivity index (χ0n) is 5.35. The van der Waals surface area contributed by atoms with E-state index in [0.29, 0.717) is 0 Å². The Balaban J connectivity index is 2.71. The average molecular weight is 146 g/mol. The van der Waals surface area contributed by atoms with Crippen molar-refractivity contribution in [1.29, 1.82) is 0 Å². The molecule has 0 N–H and O–H groups in total. The molecule has 0 saturated carbocycles. The molecule has 0 aromatic rings. The lowest BCUT2D eigenvalue weighted by Gasteiger charge is -1.98. The van der Waals surface area contributed by atoms with Crippen LogP contribution in [-0.2, 0) is 12.2 Å². The summed E-state index contributed by atoms with van der Waals surface area (Å²) >= 11 is 5.28. The zero-order chi connectivity index (χ0) is 6.15. The lowest BCUT2D eigenvalue weighted by atomic mass is 10.2. The van der Waals surface area contributed by atoms with Gasteiger partial charge < -0.3 is 12.2 Å². The van der Waals surface area contributed by atoms with E-state index in [9.17, 15) is 0 Å². The van der Waals surface area contributed by atoms with Crippen LogP contribution in [0.15, 0.2) is 0 Å². The Morgan fingerprint density at radius 3 is 2.50 bits per heavy atom. The molecule has 0 fully saturated rings. The van der Waals surface area contributed by atoms with Crippen molar-refractivity contribution in [3.05, 3.63) is 0 Å². The third kappa shape index (κ3) is 1.09. The van der Waals surface area contributed by atoms with Crippen molar-refractivity contribution in [2.24, 2.45) is 0 Å². The Labute approximate surface area is 57.2 Å². The van der Waals surface area contributed by atoms with Gasteiger partial charge in [-0.05, 0) is 27.0 Å². The van der Waals surface area contributed by atoms with Crippen molar-refractivity contribution in [1.82, 2.24) is 0 Å². The van der Waals surface area contributed by atoms with Crippen molar-refractivity contribution >= 4 is 24.3 Å². The summed E-state index contributed by atoms with van der Waals surface area (Å²) in [5, 5.41) is 1.59. The fourth-order valence-corrected chi connectivity index (χ4v) is 3.08. The maximum atomic E-state index is 5.28. The lowest BCUT2D eigenvalue weighted by molar-refractivity contribution is 0.872. The first-order chi connectivity index (χ1) is 3.72. The zero-order valence-corrected chi connectivity index (χ0v) is 7.06. The molecule has 1 aliphatic heterocycles. The molecule has 0 spiro atoms. The van der Waals surface area contributed by atoms with Crippen LogP contribution in [0.25, 0.3) is 0 Å². The highest BCUT2D eigenvalue weighted by Gasteiger charge is 2.19. The van der Waals surface area contributed by atoms with Gasteiger partial charge in [0, 0.05) is 6.42 Å². The quantitative estimate of drug-likeness (QED) is 0.373. The first-order valence-electron chi connectivity index (χ1n) is 3.00. The number of hydrogen-bond acceptors (Lipinski definition) is 1. The minimum atomic E-state index is -0.0874. The van der Waals surface area contributed by atoms with Gasteiger partial charge in [0.25, 0.3) is 0 Å². The van der Waals surface area contributed by atoms with E-state index >= 15 is 0 Å². The summed E-state index contributed by atoms with van der Waals surface area (Å²) in [6, 6.07) is 0. The summed E-state index contributed by atoms with van der Waals surface area (Å²) < 4.78 is 0. The van der Waals surface area contributed by atoms with Crippen molar-refractivity contribution in [2.75, 3.05) is 0 Å². The molecular weight excluding hydrogens is 135 g/mol. The predicted molar refractivity (Wildman–Crippen MR) is 43.7 cm³/mol. The van der Waals surface area contributed by atoms with Gasteiger partial charge in [0.15, 0.2) is 0 Å². The Hall–Kier alpha value is 0.520. The third-order valence-electron chi connectivity index (χ3n) is 1.70. The van der Waals surface area contributed by atoms with Crippen LogP contribution in [0.2, 0.25) is 0 Å². The van der Waals surface area contributed by atoms with Gasteiger partial charge in [-0.1, -0.05) is 0 Å². The summed E-state index contributed by atoms with van der Waals surface area (Å²) in [4.78, 5) is 0. The maximum Gasteiger partial charge on any atom is 0.0932 e. The van der Waals surface area contributed by atoms with Gasteiger partial charge in [-0.15, -0.1) is 0 Å². The molecule has 0 aromatic heterocycles. The number of rotatable bonds is 0. The second kappa shape index (κ2) is 2.41. The van der Waals surface area contributed by atoms with Gasteiger partial charge in [-0.3, -0.25) is 0 Å². The number of hydrogen-bond donors (Lipinski definition) is 0. The Kier molecular flexibility index (Phi) is 2.00. The highest BCUT2D eigenvalue weighted by molar-refractivity contribution is 8.33. The molecular formula is C6H11PS. The predicted octanol–water partition coefficient (Wildman–Crippen LogP) is 2.30. The molecule has 0 bridgehead atoms. The van der Waals surface area contributed by atoms with Gasteiger partial charge in [0.1, 0.15) is 0 Å². The van der Waals surface area contributed by atoms with Crippen LogP contribution < -0.4 is 0 Å². The molecule has 1 heterocycles. The van der Waals surface area contributed by atoms with Crippen LogP contribution >= 0.6 is 6.75 Å². The summed E-state index contributed by atoms with van der Waals surface area (Å²) in [6.45, 7) is 4.40. The molecule has 0 saturated heterocycles. The summed E-state index contributed by atoms with van der Waals surface area (Å²) in [5.41, 5.74) is 0.833. The van der Waals surface area contributed by atoms with E-state index in [1.807, 2.05) is 0 Å². The van der Waals surface area contributed by atoms with Gasteiger partial charge >= 0.3 is 0 Å². The molecule has 1 rings (SSSR count). The summed E-state index contributed by atoms with van der Waals surface area (Å²) in [7, 11) is 0. The van der Waals surface area contributed by atoms with Crippen LogP contribution in [0.3, 0.4) is 0 Å². The van der Waals surface area contributed by atoms with Crippen LogP contribution in [-0.4, -0.2) is 11.0 Å². The van der Waals surface area contributed by atoms with Crippen LogP contribution in [0, 0.1) is 0 Å². The molecule has 2 unspecified atom stereocenters. The molecule has 0 nitrogen and oxygen atoms in total. The fourth-order valence-electron chi connectivity index (χ4n) is 1.02. The van der Waals surface area contributed by atoms with Crippen molar-refractivity contribution in [3.63, 3.8) is 0 Å². The van der Waals surface area contributed by atoms with Gasteiger partial charge in [-0.25, -0.2) is 0 Å². The van der Waals surface area contributed by atoms with Crippen LogP contribution in [0.4, 0.5) is 0 Å². The van der Waals surface area contributed by atoms with Crippen LogP contribution in [0.1, 0.15) is 26.7 Å². The Morgan fingerprint density at radius 2 is 2.38 bits per heavy atom. The summed E-state index contributed by atoms with van der Waals surface area (Å²) in [5.74, 6) is 0. The largest absolute Gasteiger partial charge is 0.493 e. The normalized spacial score (nSPS) is 34.1. The first-order valence-corrected chi connectivity index (χ1v) is 5.43. The second-order valence-corrected chi connectivity index (χ2v) is 5.93. The molecule has 0 radical (unpaired) electrons. The highest BCUT2D eigenvalue weighted by atomic mass is 32.7. The second-order valence-electron chi connectivity index (χ2n) is 2.45. The molecule has 2 heteroatoms. The minimum Gasteiger partial charge on any atom is -0.493 e. The topological polar surface area (TPSA) is 0 Å². The molecule has 0 aromatic carbocycles. The SMILES string of the molecule is CC1=[P+]([S-])C(C)CC1. The first kappa shape index (κ1) is 6.64.